The molecule has 112 valence electrons. The van der Waals surface area contributed by atoms with Gasteiger partial charge in [0.1, 0.15) is 0 Å². The van der Waals surface area contributed by atoms with Crippen molar-refractivity contribution in [2.45, 2.75) is 63.9 Å². The molecule has 20 heavy (non-hydrogen) atoms. The van der Waals surface area contributed by atoms with Crippen LogP contribution in [-0.4, -0.2) is 24.8 Å². The lowest BCUT2D eigenvalue weighted by molar-refractivity contribution is 0.204. The third kappa shape index (κ3) is 2.44. The molecular weight excluding hydrogens is 272 g/mol. The average Bonchev–Trinajstić information content (AvgIpc) is 2.33. The molecule has 1 aromatic carbocycles. The van der Waals surface area contributed by atoms with E-state index in [0.29, 0.717) is 16.1 Å². The monoisotopic (exact) mass is 296 g/mol. The first kappa shape index (κ1) is 15.3. The summed E-state index contributed by atoms with van der Waals surface area (Å²) in [7, 11) is -3.49. The Bertz CT molecular complexity index is 601. The third-order valence-corrected chi connectivity index (χ3v) is 6.71. The van der Waals surface area contributed by atoms with Crippen LogP contribution in [0.15, 0.2) is 17.0 Å². The van der Waals surface area contributed by atoms with Crippen LogP contribution in [0.3, 0.4) is 0 Å². The summed E-state index contributed by atoms with van der Waals surface area (Å²) in [5.74, 6) is 0. The highest BCUT2D eigenvalue weighted by molar-refractivity contribution is 7.89. The Morgan fingerprint density at radius 1 is 1.15 bits per heavy atom. The Labute approximate surface area is 122 Å². The Morgan fingerprint density at radius 2 is 1.70 bits per heavy atom. The largest absolute Gasteiger partial charge is 0.398 e. The standard InChI is InChI=1S/C15H24N2O2S/c1-10-8-9-14(16)13(4)15(10)20(18,19)17-11(2)6-5-7-12(17)3/h8-9,11-12H,5-7,16H2,1-4H3. The van der Waals surface area contributed by atoms with Crippen LogP contribution in [0.5, 0.6) is 0 Å². The SMILES string of the molecule is Cc1ccc(N)c(C)c1S(=O)(=O)N1C(C)CCCC1C. The fourth-order valence-electron chi connectivity index (χ4n) is 3.22. The lowest BCUT2D eigenvalue weighted by Crippen LogP contribution is -2.47. The zero-order chi connectivity index (χ0) is 15.1. The molecule has 2 unspecified atom stereocenters. The first-order chi connectivity index (χ1) is 9.26. The molecule has 1 aromatic rings. The number of hydrogen-bond donors (Lipinski definition) is 1. The van der Waals surface area contributed by atoms with E-state index in [1.54, 1.807) is 23.4 Å². The average molecular weight is 296 g/mol. The van der Waals surface area contributed by atoms with Gasteiger partial charge in [-0.2, -0.15) is 4.31 Å². The van der Waals surface area contributed by atoms with E-state index in [0.717, 1.165) is 24.8 Å². The third-order valence-electron chi connectivity index (χ3n) is 4.29. The molecule has 1 aliphatic rings. The molecule has 1 heterocycles. The molecule has 1 saturated heterocycles. The maximum absolute atomic E-state index is 13.1. The number of nitrogens with two attached hydrogens (primary N) is 1. The number of anilines is 1. The van der Waals surface area contributed by atoms with Crippen molar-refractivity contribution in [2.75, 3.05) is 5.73 Å². The van der Waals surface area contributed by atoms with Crippen molar-refractivity contribution in [3.63, 3.8) is 0 Å². The fourth-order valence-corrected chi connectivity index (χ4v) is 5.56. The molecule has 0 saturated carbocycles. The molecule has 0 spiro atoms. The number of piperidine rings is 1. The molecule has 1 aliphatic heterocycles. The summed E-state index contributed by atoms with van der Waals surface area (Å²) in [6, 6.07) is 3.65. The number of sulfonamides is 1. The Morgan fingerprint density at radius 3 is 2.25 bits per heavy atom. The molecule has 5 heteroatoms. The Kier molecular flexibility index (Phi) is 4.12. The topological polar surface area (TPSA) is 63.4 Å². The van der Waals surface area contributed by atoms with Crippen LogP contribution in [-0.2, 0) is 10.0 Å². The van der Waals surface area contributed by atoms with Gasteiger partial charge in [0.2, 0.25) is 10.0 Å². The highest BCUT2D eigenvalue weighted by Crippen LogP contribution is 2.33. The van der Waals surface area contributed by atoms with Crippen molar-refractivity contribution >= 4 is 15.7 Å². The smallest absolute Gasteiger partial charge is 0.244 e. The highest BCUT2D eigenvalue weighted by Gasteiger charge is 2.37. The zero-order valence-corrected chi connectivity index (χ0v) is 13.5. The first-order valence-corrected chi connectivity index (χ1v) is 8.60. The van der Waals surface area contributed by atoms with E-state index in [9.17, 15) is 8.42 Å². The van der Waals surface area contributed by atoms with Crippen LogP contribution in [0.1, 0.15) is 44.2 Å². The second-order valence-corrected chi connectivity index (χ2v) is 7.67. The number of nitrogen functional groups attached to an aromatic ring is 1. The molecule has 0 aliphatic carbocycles. The number of benzene rings is 1. The number of hydrogen-bond acceptors (Lipinski definition) is 3. The van der Waals surface area contributed by atoms with E-state index in [-0.39, 0.29) is 12.1 Å². The minimum atomic E-state index is -3.49. The van der Waals surface area contributed by atoms with Crippen molar-refractivity contribution in [3.05, 3.63) is 23.3 Å². The normalized spacial score (nSPS) is 24.8. The minimum Gasteiger partial charge on any atom is -0.398 e. The predicted molar refractivity (Wildman–Crippen MR) is 82.1 cm³/mol. The molecule has 1 fully saturated rings. The quantitative estimate of drug-likeness (QED) is 0.854. The van der Waals surface area contributed by atoms with Gasteiger partial charge in [-0.15, -0.1) is 0 Å². The molecular formula is C15H24N2O2S. The number of aryl methyl sites for hydroxylation is 1. The van der Waals surface area contributed by atoms with Gasteiger partial charge in [0.05, 0.1) is 4.90 Å². The van der Waals surface area contributed by atoms with Gasteiger partial charge < -0.3 is 5.73 Å². The van der Waals surface area contributed by atoms with Crippen LogP contribution in [0.4, 0.5) is 5.69 Å². The van der Waals surface area contributed by atoms with Crippen molar-refractivity contribution in [1.29, 1.82) is 0 Å². The highest BCUT2D eigenvalue weighted by atomic mass is 32.2. The molecule has 0 aromatic heterocycles. The molecule has 4 nitrogen and oxygen atoms in total. The van der Waals surface area contributed by atoms with Crippen LogP contribution in [0, 0.1) is 13.8 Å². The van der Waals surface area contributed by atoms with E-state index in [1.165, 1.54) is 0 Å². The molecule has 2 N–H and O–H groups in total. The molecule has 0 radical (unpaired) electrons. The van der Waals surface area contributed by atoms with Crippen molar-refractivity contribution in [3.8, 4) is 0 Å². The van der Waals surface area contributed by atoms with E-state index in [1.807, 2.05) is 20.8 Å². The van der Waals surface area contributed by atoms with Crippen LogP contribution >= 0.6 is 0 Å². The van der Waals surface area contributed by atoms with E-state index < -0.39 is 10.0 Å². The van der Waals surface area contributed by atoms with Crippen molar-refractivity contribution in [1.82, 2.24) is 4.31 Å². The summed E-state index contributed by atoms with van der Waals surface area (Å²) >= 11 is 0. The lowest BCUT2D eigenvalue weighted by Gasteiger charge is -2.38. The van der Waals surface area contributed by atoms with Crippen molar-refractivity contribution in [2.24, 2.45) is 0 Å². The van der Waals surface area contributed by atoms with Gasteiger partial charge in [-0.3, -0.25) is 0 Å². The molecule has 0 amide bonds. The maximum atomic E-state index is 13.1. The van der Waals surface area contributed by atoms with Gasteiger partial charge in [-0.05, 0) is 57.7 Å². The predicted octanol–water partition coefficient (Wildman–Crippen LogP) is 2.84. The van der Waals surface area contributed by atoms with E-state index in [4.69, 9.17) is 5.73 Å². The molecule has 2 atom stereocenters. The second kappa shape index (κ2) is 5.37. The van der Waals surface area contributed by atoms with Gasteiger partial charge in [0, 0.05) is 17.8 Å². The summed E-state index contributed by atoms with van der Waals surface area (Å²) in [5, 5.41) is 0. The van der Waals surface area contributed by atoms with Crippen molar-refractivity contribution < 1.29 is 8.42 Å². The Balaban J connectivity index is 2.58. The summed E-state index contributed by atoms with van der Waals surface area (Å²) in [5.41, 5.74) is 7.86. The molecule has 2 rings (SSSR count). The van der Waals surface area contributed by atoms with Crippen LogP contribution < -0.4 is 5.73 Å². The summed E-state index contributed by atoms with van der Waals surface area (Å²) in [6.07, 6.45) is 2.93. The minimum absolute atomic E-state index is 0.0454. The molecule has 0 bridgehead atoms. The van der Waals surface area contributed by atoms with Crippen LogP contribution in [0.2, 0.25) is 0 Å². The first-order valence-electron chi connectivity index (χ1n) is 7.16. The summed E-state index contributed by atoms with van der Waals surface area (Å²) < 4.78 is 27.8. The summed E-state index contributed by atoms with van der Waals surface area (Å²) in [6.45, 7) is 7.60. The number of nitrogens with zero attached hydrogens (tertiary/aromatic N) is 1. The maximum Gasteiger partial charge on any atom is 0.244 e. The van der Waals surface area contributed by atoms with Gasteiger partial charge in [-0.1, -0.05) is 12.5 Å². The number of rotatable bonds is 2. The van der Waals surface area contributed by atoms with Gasteiger partial charge in [-0.25, -0.2) is 8.42 Å². The fraction of sp³-hybridized carbons (Fsp3) is 0.600. The zero-order valence-electron chi connectivity index (χ0n) is 12.7. The van der Waals surface area contributed by atoms with Gasteiger partial charge in [0.25, 0.3) is 0 Å². The Hall–Kier alpha value is -1.07. The van der Waals surface area contributed by atoms with Gasteiger partial charge >= 0.3 is 0 Å². The second-order valence-electron chi connectivity index (χ2n) is 5.89. The van der Waals surface area contributed by atoms with Gasteiger partial charge in [0.15, 0.2) is 0 Å². The summed E-state index contributed by atoms with van der Waals surface area (Å²) in [4.78, 5) is 0.387. The van der Waals surface area contributed by atoms with Crippen LogP contribution in [0.25, 0.3) is 0 Å². The van der Waals surface area contributed by atoms with E-state index in [2.05, 4.69) is 0 Å². The van der Waals surface area contributed by atoms with E-state index >= 15 is 0 Å². The lowest BCUT2D eigenvalue weighted by atomic mass is 10.0.